The van der Waals surface area contributed by atoms with Crippen LogP contribution in [-0.2, 0) is 0 Å². The van der Waals surface area contributed by atoms with E-state index in [1.54, 1.807) is 41.8 Å². The van der Waals surface area contributed by atoms with Crippen LogP contribution in [0.1, 0.15) is 33.4 Å². The van der Waals surface area contributed by atoms with E-state index < -0.39 is 0 Å². The van der Waals surface area contributed by atoms with Gasteiger partial charge in [0.25, 0.3) is 5.91 Å². The number of para-hydroxylation sites is 1. The number of fused-ring (bicyclic) bond motifs is 1. The molecule has 0 unspecified atom stereocenters. The Morgan fingerprint density at radius 2 is 1.82 bits per heavy atom. The van der Waals surface area contributed by atoms with Crippen LogP contribution in [0.5, 0.6) is 5.75 Å². The number of furan rings is 1. The van der Waals surface area contributed by atoms with Gasteiger partial charge >= 0.3 is 0 Å². The van der Waals surface area contributed by atoms with Gasteiger partial charge in [-0.2, -0.15) is 11.3 Å². The van der Waals surface area contributed by atoms with E-state index in [2.05, 4.69) is 5.32 Å². The number of anilines is 1. The fourth-order valence-electron chi connectivity index (χ4n) is 2.91. The highest BCUT2D eigenvalue weighted by molar-refractivity contribution is 7.08. The zero-order chi connectivity index (χ0) is 19.5. The minimum absolute atomic E-state index is 0.105. The second kappa shape index (κ2) is 7.70. The highest BCUT2D eigenvalue weighted by atomic mass is 32.1. The Labute approximate surface area is 165 Å². The first-order valence-corrected chi connectivity index (χ1v) is 9.74. The van der Waals surface area contributed by atoms with E-state index in [-0.39, 0.29) is 17.5 Å². The largest absolute Gasteiger partial charge is 0.494 e. The van der Waals surface area contributed by atoms with Gasteiger partial charge in [-0.1, -0.05) is 12.1 Å². The molecule has 0 saturated carbocycles. The number of nitrogens with one attached hydrogen (secondary N) is 1. The lowest BCUT2D eigenvalue weighted by atomic mass is 10.1. The van der Waals surface area contributed by atoms with Crippen molar-refractivity contribution < 1.29 is 18.7 Å². The Morgan fingerprint density at radius 1 is 1.04 bits per heavy atom. The SMILES string of the molecule is CCOc1ccc(C(=O)c2oc3ccccc3c2NC(=O)c2ccsc2)cc1. The molecule has 1 amide bonds. The molecule has 0 fully saturated rings. The van der Waals surface area contributed by atoms with Gasteiger partial charge in [0.2, 0.25) is 5.78 Å². The molecular weight excluding hydrogens is 374 g/mol. The van der Waals surface area contributed by atoms with Crippen LogP contribution >= 0.6 is 11.3 Å². The lowest BCUT2D eigenvalue weighted by Crippen LogP contribution is -2.13. The van der Waals surface area contributed by atoms with Crippen LogP contribution in [0.4, 0.5) is 5.69 Å². The molecule has 4 rings (SSSR count). The summed E-state index contributed by atoms with van der Waals surface area (Å²) in [5.74, 6) is 0.206. The van der Waals surface area contributed by atoms with Crippen molar-refractivity contribution in [3.8, 4) is 5.75 Å². The number of ketones is 1. The van der Waals surface area contributed by atoms with Crippen molar-refractivity contribution in [2.24, 2.45) is 0 Å². The van der Waals surface area contributed by atoms with Crippen molar-refractivity contribution >= 4 is 39.7 Å². The van der Waals surface area contributed by atoms with Crippen LogP contribution < -0.4 is 10.1 Å². The van der Waals surface area contributed by atoms with Crippen LogP contribution in [0.2, 0.25) is 0 Å². The van der Waals surface area contributed by atoms with Gasteiger partial charge in [-0.15, -0.1) is 0 Å². The highest BCUT2D eigenvalue weighted by Crippen LogP contribution is 2.33. The summed E-state index contributed by atoms with van der Waals surface area (Å²) in [4.78, 5) is 25.7. The van der Waals surface area contributed by atoms with Gasteiger partial charge in [-0.3, -0.25) is 9.59 Å². The van der Waals surface area contributed by atoms with E-state index in [9.17, 15) is 9.59 Å². The van der Waals surface area contributed by atoms with Crippen molar-refractivity contribution in [1.82, 2.24) is 0 Å². The second-order valence-electron chi connectivity index (χ2n) is 6.06. The quantitative estimate of drug-likeness (QED) is 0.448. The van der Waals surface area contributed by atoms with Gasteiger partial charge in [-0.05, 0) is 54.8 Å². The van der Waals surface area contributed by atoms with Gasteiger partial charge in [0, 0.05) is 16.3 Å². The third-order valence-electron chi connectivity index (χ3n) is 4.25. The molecule has 140 valence electrons. The minimum Gasteiger partial charge on any atom is -0.494 e. The smallest absolute Gasteiger partial charge is 0.256 e. The Morgan fingerprint density at radius 3 is 2.54 bits per heavy atom. The molecule has 0 radical (unpaired) electrons. The number of ether oxygens (including phenoxy) is 1. The van der Waals surface area contributed by atoms with E-state index in [1.165, 1.54) is 11.3 Å². The summed E-state index contributed by atoms with van der Waals surface area (Å²) in [5.41, 5.74) is 1.91. The molecule has 4 aromatic rings. The van der Waals surface area contributed by atoms with Gasteiger partial charge in [0.15, 0.2) is 5.76 Å². The highest BCUT2D eigenvalue weighted by Gasteiger charge is 2.23. The fourth-order valence-corrected chi connectivity index (χ4v) is 3.55. The Balaban J connectivity index is 1.73. The minimum atomic E-state index is -0.306. The van der Waals surface area contributed by atoms with Crippen molar-refractivity contribution in [2.45, 2.75) is 6.92 Å². The maximum Gasteiger partial charge on any atom is 0.256 e. The number of carbonyl (C=O) groups excluding carboxylic acids is 2. The molecule has 0 spiro atoms. The molecule has 2 heterocycles. The predicted octanol–water partition coefficient (Wildman–Crippen LogP) is 5.38. The maximum atomic E-state index is 13.1. The monoisotopic (exact) mass is 391 g/mol. The normalized spacial score (nSPS) is 10.8. The number of amides is 1. The van der Waals surface area contributed by atoms with E-state index in [4.69, 9.17) is 9.15 Å². The van der Waals surface area contributed by atoms with E-state index in [0.29, 0.717) is 40.1 Å². The van der Waals surface area contributed by atoms with E-state index in [0.717, 1.165) is 0 Å². The number of benzene rings is 2. The summed E-state index contributed by atoms with van der Waals surface area (Å²) in [6.45, 7) is 2.45. The first-order chi connectivity index (χ1) is 13.7. The molecule has 0 bridgehead atoms. The molecule has 2 aromatic heterocycles. The summed E-state index contributed by atoms with van der Waals surface area (Å²) in [6.07, 6.45) is 0. The number of thiophene rings is 1. The number of hydrogen-bond acceptors (Lipinski definition) is 5. The molecule has 28 heavy (non-hydrogen) atoms. The van der Waals surface area contributed by atoms with Crippen LogP contribution in [0.25, 0.3) is 11.0 Å². The standard InChI is InChI=1S/C22H17NO4S/c1-2-26-16-9-7-14(8-10-16)20(24)21-19(17-5-3-4-6-18(17)27-21)23-22(25)15-11-12-28-13-15/h3-13H,2H2,1H3,(H,23,25). The zero-order valence-corrected chi connectivity index (χ0v) is 15.9. The van der Waals surface area contributed by atoms with Crippen LogP contribution in [0, 0.1) is 0 Å². The van der Waals surface area contributed by atoms with Gasteiger partial charge in [0.1, 0.15) is 11.3 Å². The molecule has 0 aliphatic carbocycles. The number of hydrogen-bond donors (Lipinski definition) is 1. The summed E-state index contributed by atoms with van der Waals surface area (Å²) in [6, 6.07) is 15.8. The topological polar surface area (TPSA) is 68.5 Å². The van der Waals surface area contributed by atoms with Crippen molar-refractivity contribution in [3.63, 3.8) is 0 Å². The summed E-state index contributed by atoms with van der Waals surface area (Å²) >= 11 is 1.43. The number of rotatable bonds is 6. The average molecular weight is 391 g/mol. The third kappa shape index (κ3) is 3.42. The van der Waals surface area contributed by atoms with Crippen LogP contribution in [-0.4, -0.2) is 18.3 Å². The van der Waals surface area contributed by atoms with Gasteiger partial charge in [-0.25, -0.2) is 0 Å². The fraction of sp³-hybridized carbons (Fsp3) is 0.0909. The van der Waals surface area contributed by atoms with Crippen LogP contribution in [0.3, 0.4) is 0 Å². The van der Waals surface area contributed by atoms with Gasteiger partial charge < -0.3 is 14.5 Å². The predicted molar refractivity (Wildman–Crippen MR) is 110 cm³/mol. The molecule has 2 aromatic carbocycles. The molecule has 0 saturated heterocycles. The molecule has 5 nitrogen and oxygen atoms in total. The zero-order valence-electron chi connectivity index (χ0n) is 15.1. The number of carbonyl (C=O) groups is 2. The summed E-state index contributed by atoms with van der Waals surface area (Å²) in [7, 11) is 0. The lowest BCUT2D eigenvalue weighted by Gasteiger charge is -2.06. The first-order valence-electron chi connectivity index (χ1n) is 8.80. The average Bonchev–Trinajstić information content (AvgIpc) is 3.37. The Hall–Kier alpha value is -3.38. The molecule has 0 aliphatic rings. The summed E-state index contributed by atoms with van der Waals surface area (Å²) < 4.78 is 11.2. The van der Waals surface area contributed by atoms with Crippen molar-refractivity contribution in [1.29, 1.82) is 0 Å². The molecule has 6 heteroatoms. The Bertz CT molecular complexity index is 1130. The van der Waals surface area contributed by atoms with Crippen LogP contribution in [0.15, 0.2) is 69.8 Å². The lowest BCUT2D eigenvalue weighted by molar-refractivity contribution is 0.101. The van der Waals surface area contributed by atoms with Crippen molar-refractivity contribution in [2.75, 3.05) is 11.9 Å². The molecular formula is C22H17NO4S. The summed E-state index contributed by atoms with van der Waals surface area (Å²) in [5, 5.41) is 7.11. The second-order valence-corrected chi connectivity index (χ2v) is 6.84. The van der Waals surface area contributed by atoms with E-state index >= 15 is 0 Å². The maximum absolute atomic E-state index is 13.1. The first kappa shape index (κ1) is 18.0. The third-order valence-corrected chi connectivity index (χ3v) is 4.93. The van der Waals surface area contributed by atoms with Gasteiger partial charge in [0.05, 0.1) is 17.9 Å². The van der Waals surface area contributed by atoms with E-state index in [1.807, 2.05) is 30.5 Å². The molecule has 0 aliphatic heterocycles. The Kier molecular flexibility index (Phi) is 4.95. The van der Waals surface area contributed by atoms with Crippen molar-refractivity contribution in [3.05, 3.63) is 82.2 Å². The molecule has 0 atom stereocenters. The molecule has 1 N–H and O–H groups in total.